The minimum atomic E-state index is -0.881. The number of rotatable bonds is 3. The summed E-state index contributed by atoms with van der Waals surface area (Å²) in [5, 5.41) is 13.2. The molecule has 0 unspecified atom stereocenters. The minimum Gasteiger partial charge on any atom is -0.480 e. The van der Waals surface area contributed by atoms with Gasteiger partial charge in [-0.1, -0.05) is 11.6 Å². The van der Waals surface area contributed by atoms with Crippen LogP contribution in [0, 0.1) is 19.7 Å². The fourth-order valence-corrected chi connectivity index (χ4v) is 4.40. The third-order valence-electron chi connectivity index (χ3n) is 4.58. The van der Waals surface area contributed by atoms with E-state index in [4.69, 9.17) is 0 Å². The van der Waals surface area contributed by atoms with Crippen LogP contribution >= 0.6 is 11.3 Å². The fraction of sp³-hybridized carbons (Fsp3) is 0.150. The Morgan fingerprint density at radius 2 is 1.96 bits per heavy atom. The van der Waals surface area contributed by atoms with Gasteiger partial charge in [-0.3, -0.25) is 4.79 Å². The van der Waals surface area contributed by atoms with E-state index < -0.39 is 5.97 Å². The first-order valence-electron chi connectivity index (χ1n) is 7.94. The van der Waals surface area contributed by atoms with Gasteiger partial charge in [0.2, 0.25) is 0 Å². The molecule has 1 N–H and O–H groups in total. The van der Waals surface area contributed by atoms with E-state index in [9.17, 15) is 14.3 Å². The number of carboxylic acid groups (broad SMARTS) is 1. The Kier molecular flexibility index (Phi) is 3.62. The molecule has 0 atom stereocenters. The Bertz CT molecular complexity index is 1140. The molecule has 0 aliphatic rings. The molecule has 4 aromatic rings. The van der Waals surface area contributed by atoms with Crippen LogP contribution in [0.1, 0.15) is 11.3 Å². The van der Waals surface area contributed by atoms with E-state index in [1.54, 1.807) is 23.5 Å². The van der Waals surface area contributed by atoms with E-state index in [-0.39, 0.29) is 12.4 Å². The van der Waals surface area contributed by atoms with Crippen LogP contribution in [-0.2, 0) is 11.3 Å². The third kappa shape index (κ3) is 2.51. The van der Waals surface area contributed by atoms with Gasteiger partial charge in [0.1, 0.15) is 12.4 Å². The van der Waals surface area contributed by atoms with Crippen molar-refractivity contribution in [2.75, 3.05) is 0 Å². The highest BCUT2D eigenvalue weighted by molar-refractivity contribution is 7.17. The number of carbonyl (C=O) groups is 1. The van der Waals surface area contributed by atoms with Crippen molar-refractivity contribution in [1.82, 2.24) is 4.57 Å². The average molecular weight is 353 g/mol. The van der Waals surface area contributed by atoms with E-state index in [0.717, 1.165) is 43.4 Å². The van der Waals surface area contributed by atoms with Crippen LogP contribution in [-0.4, -0.2) is 15.6 Å². The van der Waals surface area contributed by atoms with Gasteiger partial charge in [0, 0.05) is 37.8 Å². The average Bonchev–Trinajstić information content (AvgIpc) is 3.06. The predicted octanol–water partition coefficient (Wildman–Crippen LogP) is 5.36. The molecule has 4 rings (SSSR count). The molecule has 2 aromatic carbocycles. The van der Waals surface area contributed by atoms with Crippen molar-refractivity contribution in [1.29, 1.82) is 0 Å². The summed E-state index contributed by atoms with van der Waals surface area (Å²) in [7, 11) is 0. The summed E-state index contributed by atoms with van der Waals surface area (Å²) < 4.78 is 16.6. The largest absolute Gasteiger partial charge is 0.480 e. The molecule has 5 heteroatoms. The number of benzene rings is 2. The van der Waals surface area contributed by atoms with Crippen LogP contribution < -0.4 is 0 Å². The van der Waals surface area contributed by atoms with E-state index >= 15 is 0 Å². The first-order valence-corrected chi connectivity index (χ1v) is 8.82. The highest BCUT2D eigenvalue weighted by Gasteiger charge is 2.19. The zero-order chi connectivity index (χ0) is 17.7. The van der Waals surface area contributed by atoms with Gasteiger partial charge in [-0.05, 0) is 49.6 Å². The lowest BCUT2D eigenvalue weighted by Gasteiger charge is -2.05. The van der Waals surface area contributed by atoms with Crippen LogP contribution in [0.4, 0.5) is 4.39 Å². The number of carboxylic acids is 1. The Balaban J connectivity index is 2.09. The van der Waals surface area contributed by atoms with Gasteiger partial charge in [-0.2, -0.15) is 0 Å². The summed E-state index contributed by atoms with van der Waals surface area (Å²) in [6, 6.07) is 10.8. The van der Waals surface area contributed by atoms with Crippen molar-refractivity contribution in [3.8, 4) is 11.1 Å². The molecule has 2 heterocycles. The lowest BCUT2D eigenvalue weighted by Crippen LogP contribution is -2.09. The number of aryl methyl sites for hydroxylation is 1. The van der Waals surface area contributed by atoms with E-state index in [0.29, 0.717) is 0 Å². The highest BCUT2D eigenvalue weighted by atomic mass is 32.1. The summed E-state index contributed by atoms with van der Waals surface area (Å²) in [5.41, 5.74) is 4.81. The second-order valence-corrected chi connectivity index (χ2v) is 7.16. The Hall–Kier alpha value is -2.66. The van der Waals surface area contributed by atoms with E-state index in [2.05, 4.69) is 6.07 Å². The molecular weight excluding hydrogens is 337 g/mol. The number of fused-ring (bicyclic) bond motifs is 2. The van der Waals surface area contributed by atoms with Crippen LogP contribution in [0.15, 0.2) is 41.8 Å². The molecule has 0 aliphatic carbocycles. The first-order chi connectivity index (χ1) is 12.0. The van der Waals surface area contributed by atoms with Crippen molar-refractivity contribution in [2.24, 2.45) is 0 Å². The van der Waals surface area contributed by atoms with Gasteiger partial charge in [-0.25, -0.2) is 4.39 Å². The monoisotopic (exact) mass is 353 g/mol. The maximum atomic E-state index is 13.8. The molecule has 126 valence electrons. The van der Waals surface area contributed by atoms with E-state index in [1.807, 2.05) is 35.9 Å². The van der Waals surface area contributed by atoms with Crippen molar-refractivity contribution in [3.63, 3.8) is 0 Å². The quantitative estimate of drug-likeness (QED) is 0.538. The Morgan fingerprint density at radius 1 is 1.16 bits per heavy atom. The Morgan fingerprint density at radius 3 is 2.72 bits per heavy atom. The van der Waals surface area contributed by atoms with Crippen LogP contribution in [0.25, 0.3) is 32.1 Å². The molecule has 3 nitrogen and oxygen atoms in total. The smallest absolute Gasteiger partial charge is 0.323 e. The van der Waals surface area contributed by atoms with Gasteiger partial charge in [0.15, 0.2) is 0 Å². The van der Waals surface area contributed by atoms with Crippen LogP contribution in [0.5, 0.6) is 0 Å². The summed E-state index contributed by atoms with van der Waals surface area (Å²) >= 11 is 1.57. The molecule has 0 spiro atoms. The van der Waals surface area contributed by atoms with Gasteiger partial charge in [0.25, 0.3) is 0 Å². The maximum absolute atomic E-state index is 13.8. The van der Waals surface area contributed by atoms with Crippen molar-refractivity contribution < 1.29 is 14.3 Å². The van der Waals surface area contributed by atoms with Gasteiger partial charge in [-0.15, -0.1) is 11.3 Å². The standard InChI is InChI=1S/C20H16FNO2S/c1-11-3-5-17-15(7-11)20(12(2)22(17)9-19(23)24)16-10-25-18-6-4-13(21)8-14(16)18/h3-8,10H,9H2,1-2H3,(H,23,24). The molecule has 0 amide bonds. The molecule has 0 radical (unpaired) electrons. The van der Waals surface area contributed by atoms with Gasteiger partial charge in [0.05, 0.1) is 0 Å². The summed E-state index contributed by atoms with van der Waals surface area (Å²) in [5.74, 6) is -1.15. The third-order valence-corrected chi connectivity index (χ3v) is 5.54. The molecule has 0 bridgehead atoms. The number of hydrogen-bond acceptors (Lipinski definition) is 2. The summed E-state index contributed by atoms with van der Waals surface area (Å²) in [6.07, 6.45) is 0. The molecule has 0 saturated carbocycles. The number of thiophene rings is 1. The molecule has 2 aromatic heterocycles. The zero-order valence-corrected chi connectivity index (χ0v) is 14.7. The first kappa shape index (κ1) is 15.8. The lowest BCUT2D eigenvalue weighted by molar-refractivity contribution is -0.137. The second kappa shape index (κ2) is 5.70. The highest BCUT2D eigenvalue weighted by Crippen LogP contribution is 2.41. The number of hydrogen-bond donors (Lipinski definition) is 1. The van der Waals surface area contributed by atoms with Crippen LogP contribution in [0.3, 0.4) is 0 Å². The number of aliphatic carboxylic acids is 1. The van der Waals surface area contributed by atoms with Crippen molar-refractivity contribution >= 4 is 38.3 Å². The maximum Gasteiger partial charge on any atom is 0.323 e. The lowest BCUT2D eigenvalue weighted by atomic mass is 10.0. The topological polar surface area (TPSA) is 42.2 Å². The molecule has 0 saturated heterocycles. The number of nitrogens with zero attached hydrogens (tertiary/aromatic N) is 1. The number of halogens is 1. The van der Waals surface area contributed by atoms with Gasteiger partial charge >= 0.3 is 5.97 Å². The van der Waals surface area contributed by atoms with Crippen LogP contribution in [0.2, 0.25) is 0 Å². The fourth-order valence-electron chi connectivity index (χ4n) is 3.47. The summed E-state index contributed by atoms with van der Waals surface area (Å²) in [6.45, 7) is 3.84. The molecule has 0 aliphatic heterocycles. The SMILES string of the molecule is Cc1ccc2c(c1)c(-c1csc3ccc(F)cc13)c(C)n2CC(=O)O. The summed E-state index contributed by atoms with van der Waals surface area (Å²) in [4.78, 5) is 11.3. The van der Waals surface area contributed by atoms with Crippen molar-refractivity contribution in [3.05, 3.63) is 58.9 Å². The number of aromatic nitrogens is 1. The zero-order valence-electron chi connectivity index (χ0n) is 13.8. The second-order valence-electron chi connectivity index (χ2n) is 6.25. The van der Waals surface area contributed by atoms with E-state index in [1.165, 1.54) is 6.07 Å². The normalized spacial score (nSPS) is 11.5. The molecular formula is C20H16FNO2S. The molecule has 0 fully saturated rings. The van der Waals surface area contributed by atoms with Crippen molar-refractivity contribution in [2.45, 2.75) is 20.4 Å². The Labute approximate surface area is 147 Å². The van der Waals surface area contributed by atoms with Gasteiger partial charge < -0.3 is 9.67 Å². The minimum absolute atomic E-state index is 0.0954. The predicted molar refractivity (Wildman–Crippen MR) is 99.8 cm³/mol. The molecule has 25 heavy (non-hydrogen) atoms.